The number of carbonyl (C=O) groups is 1. The van der Waals surface area contributed by atoms with Gasteiger partial charge in [0.15, 0.2) is 0 Å². The molecule has 0 amide bonds. The fourth-order valence-electron chi connectivity index (χ4n) is 1.72. The van der Waals surface area contributed by atoms with Crippen molar-refractivity contribution in [2.45, 2.75) is 42.9 Å². The number of ether oxygens (including phenoxy) is 4. The van der Waals surface area contributed by atoms with Gasteiger partial charge in [0.05, 0.1) is 12.7 Å². The summed E-state index contributed by atoms with van der Waals surface area (Å²) in [4.78, 5) is 11.2. The van der Waals surface area contributed by atoms with Crippen molar-refractivity contribution in [3.63, 3.8) is 0 Å². The predicted molar refractivity (Wildman–Crippen MR) is 76.3 cm³/mol. The highest BCUT2D eigenvalue weighted by Gasteiger charge is 2.79. The van der Waals surface area contributed by atoms with Crippen LogP contribution in [0.15, 0.2) is 24.3 Å². The van der Waals surface area contributed by atoms with Crippen molar-refractivity contribution in [2.75, 3.05) is 7.11 Å². The lowest BCUT2D eigenvalue weighted by Crippen LogP contribution is -2.61. The average Bonchev–Trinajstić information content (AvgIpc) is 2.65. The van der Waals surface area contributed by atoms with Gasteiger partial charge in [-0.3, -0.25) is 4.74 Å². The van der Waals surface area contributed by atoms with Gasteiger partial charge in [0.25, 0.3) is 0 Å². The molecular weight excluding hydrogens is 526 g/mol. The van der Waals surface area contributed by atoms with Crippen molar-refractivity contribution in [1.82, 2.24) is 0 Å². The topological polar surface area (TPSA) is 54.0 Å². The third-order valence-electron chi connectivity index (χ3n) is 3.37. The lowest BCUT2D eigenvalue weighted by molar-refractivity contribution is -0.549. The molecule has 1 aromatic carbocycles. The van der Waals surface area contributed by atoms with Gasteiger partial charge in [0.2, 0.25) is 0 Å². The zero-order chi connectivity index (χ0) is 27.0. The van der Waals surface area contributed by atoms with Gasteiger partial charge in [-0.2, -0.15) is 57.1 Å². The van der Waals surface area contributed by atoms with E-state index in [1.807, 2.05) is 0 Å². The molecule has 196 valence electrons. The fraction of sp³-hybridized carbons (Fsp3) is 0.533. The highest BCUT2D eigenvalue weighted by atomic mass is 19.4. The number of alkyl halides is 14. The smallest absolute Gasteiger partial charge is 0.465 e. The Morgan fingerprint density at radius 3 is 1.65 bits per heavy atom. The molecular formula is C15H8F14O5. The van der Waals surface area contributed by atoms with E-state index >= 15 is 0 Å². The number of rotatable bonds is 9. The summed E-state index contributed by atoms with van der Waals surface area (Å²) >= 11 is 0. The standard InChI is InChI=1S/C15H8F14O5/c1-31-8(30)6-2-4-7(5-3-6)32-10(17,18)9(16)33-15(29,13(24,25)26)34-14(27,28)11(19,20)12(21,22)23/h2-5,9H,1H3. The van der Waals surface area contributed by atoms with E-state index in [0.29, 0.717) is 24.3 Å². The number of methoxy groups -OCH3 is 1. The summed E-state index contributed by atoms with van der Waals surface area (Å²) in [5, 5.41) is 0. The molecule has 0 bridgehead atoms. The van der Waals surface area contributed by atoms with Crippen LogP contribution in [0.25, 0.3) is 0 Å². The molecule has 0 spiro atoms. The monoisotopic (exact) mass is 534 g/mol. The van der Waals surface area contributed by atoms with Gasteiger partial charge in [-0.15, -0.1) is 0 Å². The summed E-state index contributed by atoms with van der Waals surface area (Å²) in [5.74, 6) is -9.70. The van der Waals surface area contributed by atoms with E-state index < -0.39 is 54.6 Å². The molecule has 0 aliphatic rings. The van der Waals surface area contributed by atoms with E-state index in [2.05, 4.69) is 14.2 Å². The number of hydrogen-bond donors (Lipinski definition) is 0. The van der Waals surface area contributed by atoms with Crippen molar-refractivity contribution >= 4 is 5.97 Å². The molecule has 1 aromatic rings. The maximum absolute atomic E-state index is 13.8. The van der Waals surface area contributed by atoms with E-state index in [1.165, 1.54) is 0 Å². The number of benzene rings is 1. The van der Waals surface area contributed by atoms with Gasteiger partial charge in [-0.05, 0) is 24.3 Å². The molecule has 0 saturated carbocycles. The highest BCUT2D eigenvalue weighted by Crippen LogP contribution is 2.52. The first-order chi connectivity index (χ1) is 15.0. The Morgan fingerprint density at radius 1 is 0.794 bits per heavy atom. The van der Waals surface area contributed by atoms with E-state index in [-0.39, 0.29) is 5.56 Å². The Morgan fingerprint density at radius 2 is 1.26 bits per heavy atom. The maximum atomic E-state index is 13.8. The van der Waals surface area contributed by atoms with Crippen LogP contribution >= 0.6 is 0 Å². The minimum Gasteiger partial charge on any atom is -0.465 e. The predicted octanol–water partition coefficient (Wildman–Crippen LogP) is 5.75. The zero-order valence-corrected chi connectivity index (χ0v) is 15.7. The molecule has 0 heterocycles. The third kappa shape index (κ3) is 6.10. The lowest BCUT2D eigenvalue weighted by Gasteiger charge is -2.35. The van der Waals surface area contributed by atoms with E-state index in [9.17, 15) is 66.3 Å². The van der Waals surface area contributed by atoms with E-state index in [0.717, 1.165) is 7.11 Å². The van der Waals surface area contributed by atoms with Crippen LogP contribution in [-0.4, -0.2) is 56.0 Å². The first kappa shape index (κ1) is 29.5. The van der Waals surface area contributed by atoms with Crippen molar-refractivity contribution in [3.05, 3.63) is 29.8 Å². The molecule has 19 heteroatoms. The van der Waals surface area contributed by atoms with Crippen LogP contribution in [0, 0.1) is 0 Å². The van der Waals surface area contributed by atoms with Gasteiger partial charge in [0.1, 0.15) is 5.75 Å². The van der Waals surface area contributed by atoms with Gasteiger partial charge < -0.3 is 9.47 Å². The maximum Gasteiger partial charge on any atom is 0.478 e. The van der Waals surface area contributed by atoms with Crippen LogP contribution in [0.2, 0.25) is 0 Å². The van der Waals surface area contributed by atoms with Crippen LogP contribution in [0.1, 0.15) is 10.4 Å². The molecule has 5 nitrogen and oxygen atoms in total. The summed E-state index contributed by atoms with van der Waals surface area (Å²) < 4.78 is 192. The Bertz CT molecular complexity index is 851. The lowest BCUT2D eigenvalue weighted by atomic mass is 10.2. The molecule has 0 aliphatic carbocycles. The molecule has 2 unspecified atom stereocenters. The van der Waals surface area contributed by atoms with Gasteiger partial charge >= 0.3 is 48.9 Å². The van der Waals surface area contributed by atoms with Crippen molar-refractivity contribution in [3.8, 4) is 5.75 Å². The Labute approximate surface area is 178 Å². The molecule has 0 N–H and O–H groups in total. The fourth-order valence-corrected chi connectivity index (χ4v) is 1.72. The van der Waals surface area contributed by atoms with Crippen LogP contribution in [0.5, 0.6) is 5.75 Å². The average molecular weight is 534 g/mol. The SMILES string of the molecule is COC(=O)c1ccc(OC(F)(F)C(F)OC(F)(OC(F)(F)C(F)(F)C(F)(F)F)C(F)(F)F)cc1. The van der Waals surface area contributed by atoms with Crippen molar-refractivity contribution in [2.24, 2.45) is 0 Å². The van der Waals surface area contributed by atoms with Crippen LogP contribution in [0.4, 0.5) is 61.5 Å². The quantitative estimate of drug-likeness (QED) is 0.230. The van der Waals surface area contributed by atoms with Crippen LogP contribution in [0.3, 0.4) is 0 Å². The summed E-state index contributed by atoms with van der Waals surface area (Å²) in [6.07, 6.45) is -32.8. The Balaban J connectivity index is 3.18. The van der Waals surface area contributed by atoms with Crippen molar-refractivity contribution < 1.29 is 85.2 Å². The first-order valence-electron chi connectivity index (χ1n) is 7.86. The minimum atomic E-state index is -7.52. The summed E-state index contributed by atoms with van der Waals surface area (Å²) in [6.45, 7) is 0. The molecule has 2 atom stereocenters. The molecule has 1 rings (SSSR count). The second-order valence-electron chi connectivity index (χ2n) is 5.84. The van der Waals surface area contributed by atoms with E-state index in [4.69, 9.17) is 0 Å². The highest BCUT2D eigenvalue weighted by molar-refractivity contribution is 5.89. The molecule has 34 heavy (non-hydrogen) atoms. The van der Waals surface area contributed by atoms with Gasteiger partial charge in [-0.1, -0.05) is 0 Å². The van der Waals surface area contributed by atoms with Gasteiger partial charge in [-0.25, -0.2) is 13.9 Å². The molecule has 0 aromatic heterocycles. The number of halogens is 14. The molecule has 0 saturated heterocycles. The number of esters is 1. The van der Waals surface area contributed by atoms with Gasteiger partial charge in [0, 0.05) is 0 Å². The molecule has 0 aliphatic heterocycles. The molecule has 0 radical (unpaired) electrons. The van der Waals surface area contributed by atoms with Crippen LogP contribution in [-0.2, 0) is 14.2 Å². The third-order valence-corrected chi connectivity index (χ3v) is 3.37. The van der Waals surface area contributed by atoms with E-state index in [1.54, 1.807) is 4.74 Å². The summed E-state index contributed by atoms with van der Waals surface area (Å²) in [6, 6.07) is -4.64. The summed E-state index contributed by atoms with van der Waals surface area (Å²) in [7, 11) is 0.909. The summed E-state index contributed by atoms with van der Waals surface area (Å²) in [5.41, 5.74) is -0.313. The van der Waals surface area contributed by atoms with Crippen LogP contribution < -0.4 is 4.74 Å². The molecule has 0 fully saturated rings. The second-order valence-corrected chi connectivity index (χ2v) is 5.84. The van der Waals surface area contributed by atoms with Crippen molar-refractivity contribution in [1.29, 1.82) is 0 Å². The first-order valence-corrected chi connectivity index (χ1v) is 7.86. The largest absolute Gasteiger partial charge is 0.478 e. The Hall–Kier alpha value is -2.57. The Kier molecular flexibility index (Phi) is 8.00. The normalized spacial score (nSPS) is 16.6. The zero-order valence-electron chi connectivity index (χ0n) is 15.7. The number of hydrogen-bond acceptors (Lipinski definition) is 5. The number of carbonyl (C=O) groups excluding carboxylic acids is 1. The minimum absolute atomic E-state index is 0.313. The second kappa shape index (κ2) is 9.23.